The number of hydrogen-bond acceptors (Lipinski definition) is 2. The van der Waals surface area contributed by atoms with Crippen molar-refractivity contribution < 1.29 is 0 Å². The van der Waals surface area contributed by atoms with Crippen molar-refractivity contribution >= 4 is 5.84 Å². The van der Waals surface area contributed by atoms with E-state index >= 15 is 0 Å². The molecular weight excluding hydrogens is 198 g/mol. The Balaban J connectivity index is 1.96. The van der Waals surface area contributed by atoms with Crippen LogP contribution in [0.4, 0.5) is 0 Å². The van der Waals surface area contributed by atoms with Gasteiger partial charge in [-0.15, -0.1) is 0 Å². The average molecular weight is 217 g/mol. The molecule has 0 saturated carbocycles. The van der Waals surface area contributed by atoms with Crippen LogP contribution in [0.2, 0.25) is 0 Å². The minimum atomic E-state index is 0.240. The van der Waals surface area contributed by atoms with E-state index in [1.807, 2.05) is 6.07 Å². The molecule has 1 aromatic carbocycles. The van der Waals surface area contributed by atoms with Crippen LogP contribution in [0.5, 0.6) is 0 Å². The van der Waals surface area contributed by atoms with E-state index in [2.05, 4.69) is 36.1 Å². The first-order valence-corrected chi connectivity index (χ1v) is 5.77. The van der Waals surface area contributed by atoms with Crippen molar-refractivity contribution in [2.24, 2.45) is 17.6 Å². The summed E-state index contributed by atoms with van der Waals surface area (Å²) in [6.07, 6.45) is 0. The fourth-order valence-corrected chi connectivity index (χ4v) is 2.44. The molecule has 16 heavy (non-hydrogen) atoms. The first-order valence-electron chi connectivity index (χ1n) is 5.77. The highest BCUT2D eigenvalue weighted by atomic mass is 15.2. The Labute approximate surface area is 96.8 Å². The SMILES string of the molecule is C[C@@H]1CN(Cc2ccccc2)CC1C(=N)N. The first-order chi connectivity index (χ1) is 7.66. The topological polar surface area (TPSA) is 53.1 Å². The summed E-state index contributed by atoms with van der Waals surface area (Å²) >= 11 is 0. The van der Waals surface area contributed by atoms with Gasteiger partial charge in [0.05, 0.1) is 5.84 Å². The second kappa shape index (κ2) is 4.66. The molecule has 1 aliphatic rings. The molecule has 0 bridgehead atoms. The van der Waals surface area contributed by atoms with Crippen molar-refractivity contribution in [1.82, 2.24) is 4.90 Å². The number of nitrogens with one attached hydrogen (secondary N) is 1. The number of benzene rings is 1. The van der Waals surface area contributed by atoms with Gasteiger partial charge in [-0.1, -0.05) is 37.3 Å². The molecule has 86 valence electrons. The molecule has 1 fully saturated rings. The van der Waals surface area contributed by atoms with Crippen molar-refractivity contribution in [3.05, 3.63) is 35.9 Å². The fraction of sp³-hybridized carbons (Fsp3) is 0.462. The molecule has 2 rings (SSSR count). The number of hydrogen-bond donors (Lipinski definition) is 2. The summed E-state index contributed by atoms with van der Waals surface area (Å²) in [4.78, 5) is 2.38. The van der Waals surface area contributed by atoms with Crippen molar-refractivity contribution in [3.8, 4) is 0 Å². The fourth-order valence-electron chi connectivity index (χ4n) is 2.44. The van der Waals surface area contributed by atoms with Gasteiger partial charge in [0.25, 0.3) is 0 Å². The Morgan fingerprint density at radius 3 is 2.62 bits per heavy atom. The van der Waals surface area contributed by atoms with E-state index in [9.17, 15) is 0 Å². The Bertz CT molecular complexity index is 361. The lowest BCUT2D eigenvalue weighted by atomic mass is 9.97. The predicted molar refractivity (Wildman–Crippen MR) is 66.3 cm³/mol. The standard InChI is InChI=1S/C13H19N3/c1-10-7-16(9-12(10)13(14)15)8-11-5-3-2-4-6-11/h2-6,10,12H,7-9H2,1H3,(H3,14,15)/t10-,12?/m1/s1. The highest BCUT2D eigenvalue weighted by molar-refractivity contribution is 5.80. The maximum Gasteiger partial charge on any atom is 0.0953 e. The van der Waals surface area contributed by atoms with Crippen LogP contribution in [0.15, 0.2) is 30.3 Å². The second-order valence-electron chi connectivity index (χ2n) is 4.72. The minimum Gasteiger partial charge on any atom is -0.387 e. The molecule has 1 aliphatic heterocycles. The smallest absolute Gasteiger partial charge is 0.0953 e. The van der Waals surface area contributed by atoms with E-state index < -0.39 is 0 Å². The zero-order chi connectivity index (χ0) is 11.5. The van der Waals surface area contributed by atoms with Crippen LogP contribution in [-0.4, -0.2) is 23.8 Å². The van der Waals surface area contributed by atoms with Crippen LogP contribution in [0.25, 0.3) is 0 Å². The second-order valence-corrected chi connectivity index (χ2v) is 4.72. The largest absolute Gasteiger partial charge is 0.387 e. The van der Waals surface area contributed by atoms with Gasteiger partial charge in [0.15, 0.2) is 0 Å². The maximum absolute atomic E-state index is 7.54. The van der Waals surface area contributed by atoms with Crippen molar-refractivity contribution in [3.63, 3.8) is 0 Å². The summed E-state index contributed by atoms with van der Waals surface area (Å²) in [6.45, 7) is 5.11. The summed E-state index contributed by atoms with van der Waals surface area (Å²) in [5, 5.41) is 7.54. The number of rotatable bonds is 3. The van der Waals surface area contributed by atoms with Crippen LogP contribution in [0.1, 0.15) is 12.5 Å². The van der Waals surface area contributed by atoms with E-state index in [0.717, 1.165) is 19.6 Å². The molecular formula is C13H19N3. The molecule has 3 nitrogen and oxygen atoms in total. The van der Waals surface area contributed by atoms with Crippen LogP contribution in [-0.2, 0) is 6.54 Å². The predicted octanol–water partition coefficient (Wildman–Crippen LogP) is 1.69. The normalized spacial score (nSPS) is 25.8. The zero-order valence-electron chi connectivity index (χ0n) is 9.69. The van der Waals surface area contributed by atoms with Gasteiger partial charge in [0, 0.05) is 25.6 Å². The molecule has 1 heterocycles. The first kappa shape index (κ1) is 11.1. The third-order valence-corrected chi connectivity index (χ3v) is 3.34. The molecule has 0 amide bonds. The Morgan fingerprint density at radius 1 is 1.38 bits per heavy atom. The Kier molecular flexibility index (Phi) is 3.25. The van der Waals surface area contributed by atoms with Crippen LogP contribution >= 0.6 is 0 Å². The highest BCUT2D eigenvalue weighted by Gasteiger charge is 2.31. The lowest BCUT2D eigenvalue weighted by Crippen LogP contribution is -2.28. The van der Waals surface area contributed by atoms with E-state index in [1.165, 1.54) is 5.56 Å². The van der Waals surface area contributed by atoms with Crippen LogP contribution < -0.4 is 5.73 Å². The summed E-state index contributed by atoms with van der Waals surface area (Å²) in [5.74, 6) is 1.08. The molecule has 1 unspecified atom stereocenters. The average Bonchev–Trinajstić information content (AvgIpc) is 2.61. The molecule has 3 N–H and O–H groups in total. The van der Waals surface area contributed by atoms with Crippen molar-refractivity contribution in [2.45, 2.75) is 13.5 Å². The number of nitrogens with zero attached hydrogens (tertiary/aromatic N) is 1. The molecule has 0 spiro atoms. The van der Waals surface area contributed by atoms with Gasteiger partial charge >= 0.3 is 0 Å². The monoisotopic (exact) mass is 217 g/mol. The molecule has 2 atom stereocenters. The van der Waals surface area contributed by atoms with Gasteiger partial charge in [0.2, 0.25) is 0 Å². The van der Waals surface area contributed by atoms with E-state index in [1.54, 1.807) is 0 Å². The third-order valence-electron chi connectivity index (χ3n) is 3.34. The van der Waals surface area contributed by atoms with Gasteiger partial charge in [-0.25, -0.2) is 0 Å². The molecule has 1 saturated heterocycles. The zero-order valence-corrected chi connectivity index (χ0v) is 9.69. The van der Waals surface area contributed by atoms with Crippen LogP contribution in [0.3, 0.4) is 0 Å². The molecule has 0 aromatic heterocycles. The number of amidine groups is 1. The summed E-state index contributed by atoms with van der Waals surface area (Å²) in [5.41, 5.74) is 6.93. The van der Waals surface area contributed by atoms with E-state index in [0.29, 0.717) is 11.8 Å². The minimum absolute atomic E-state index is 0.240. The van der Waals surface area contributed by atoms with Gasteiger partial charge < -0.3 is 5.73 Å². The van der Waals surface area contributed by atoms with Gasteiger partial charge in [-0.2, -0.15) is 0 Å². The molecule has 0 radical (unpaired) electrons. The van der Waals surface area contributed by atoms with Crippen LogP contribution in [0, 0.1) is 17.2 Å². The van der Waals surface area contributed by atoms with E-state index in [4.69, 9.17) is 11.1 Å². The Morgan fingerprint density at radius 2 is 2.06 bits per heavy atom. The van der Waals surface area contributed by atoms with Gasteiger partial charge in [-0.3, -0.25) is 10.3 Å². The summed E-state index contributed by atoms with van der Waals surface area (Å²) in [6, 6.07) is 10.5. The Hall–Kier alpha value is -1.35. The van der Waals surface area contributed by atoms with Gasteiger partial charge in [0.1, 0.15) is 0 Å². The lowest BCUT2D eigenvalue weighted by molar-refractivity contribution is 0.318. The third kappa shape index (κ3) is 2.42. The van der Waals surface area contributed by atoms with E-state index in [-0.39, 0.29) is 5.92 Å². The number of likely N-dealkylation sites (tertiary alicyclic amines) is 1. The molecule has 3 heteroatoms. The van der Waals surface area contributed by atoms with Crippen molar-refractivity contribution in [2.75, 3.05) is 13.1 Å². The quantitative estimate of drug-likeness (QED) is 0.598. The highest BCUT2D eigenvalue weighted by Crippen LogP contribution is 2.24. The number of nitrogens with two attached hydrogens (primary N) is 1. The lowest BCUT2D eigenvalue weighted by Gasteiger charge is -2.15. The summed E-state index contributed by atoms with van der Waals surface area (Å²) in [7, 11) is 0. The van der Waals surface area contributed by atoms with Crippen molar-refractivity contribution in [1.29, 1.82) is 5.41 Å². The molecule has 1 aromatic rings. The molecule has 0 aliphatic carbocycles. The maximum atomic E-state index is 7.54. The summed E-state index contributed by atoms with van der Waals surface area (Å²) < 4.78 is 0. The van der Waals surface area contributed by atoms with Gasteiger partial charge in [-0.05, 0) is 11.5 Å².